The molecule has 0 aromatic rings. The largest absolute Gasteiger partial charge is 0.509 e. The van der Waals surface area contributed by atoms with E-state index in [1.54, 1.807) is 6.92 Å². The van der Waals surface area contributed by atoms with Crippen molar-refractivity contribution in [1.29, 1.82) is 0 Å². The Morgan fingerprint density at radius 3 is 3.00 bits per heavy atom. The Labute approximate surface area is 95.9 Å². The van der Waals surface area contributed by atoms with Crippen LogP contribution in [-0.2, 0) is 9.53 Å². The van der Waals surface area contributed by atoms with Gasteiger partial charge in [-0.15, -0.1) is 0 Å². The molecule has 0 bridgehead atoms. The summed E-state index contributed by atoms with van der Waals surface area (Å²) in [5.74, 6) is -0.344. The molecule has 1 rings (SSSR count). The summed E-state index contributed by atoms with van der Waals surface area (Å²) in [6, 6.07) is 0. The summed E-state index contributed by atoms with van der Waals surface area (Å²) in [4.78, 5) is 11.5. The fraction of sp³-hybridized carbons (Fsp3) is 0.727. The van der Waals surface area contributed by atoms with Gasteiger partial charge < -0.3 is 9.84 Å². The highest BCUT2D eigenvalue weighted by molar-refractivity contribution is 5.89. The summed E-state index contributed by atoms with van der Waals surface area (Å²) in [7, 11) is 0. The van der Waals surface area contributed by atoms with Crippen molar-refractivity contribution in [3.05, 3.63) is 11.3 Å². The third kappa shape index (κ3) is 3.21. The lowest BCUT2D eigenvalue weighted by molar-refractivity contribution is -0.139. The Kier molecular flexibility index (Phi) is 5.28. The molecule has 0 aliphatic carbocycles. The highest BCUT2D eigenvalue weighted by Gasteiger charge is 2.26. The Morgan fingerprint density at radius 2 is 2.38 bits per heavy atom. The maximum Gasteiger partial charge on any atom is 0.337 e. The molecule has 5 heteroatoms. The molecule has 0 aromatic carbocycles. The lowest BCUT2D eigenvalue weighted by atomic mass is 10.1. The molecule has 0 fully saturated rings. The van der Waals surface area contributed by atoms with Crippen molar-refractivity contribution in [2.75, 3.05) is 19.7 Å². The number of aliphatic hydroxyl groups is 1. The van der Waals surface area contributed by atoms with E-state index >= 15 is 0 Å². The zero-order chi connectivity index (χ0) is 12.0. The fourth-order valence-corrected chi connectivity index (χ4v) is 1.62. The van der Waals surface area contributed by atoms with Gasteiger partial charge in [0.15, 0.2) is 0 Å². The third-order valence-corrected chi connectivity index (χ3v) is 2.43. The second-order valence-electron chi connectivity index (χ2n) is 3.68. The van der Waals surface area contributed by atoms with E-state index in [1.807, 2.05) is 6.92 Å². The number of ether oxygens (including phenoxy) is 1. The standard InChI is InChI=1S/C11H20N2O3/c1-3-6-12-10-9(14)8(5-7-13-10)11(15)16-4-2/h10,12-14H,3-7H2,1-2H3. The molecule has 5 nitrogen and oxygen atoms in total. The van der Waals surface area contributed by atoms with E-state index in [9.17, 15) is 9.90 Å². The predicted molar refractivity (Wildman–Crippen MR) is 61.0 cm³/mol. The van der Waals surface area contributed by atoms with E-state index in [-0.39, 0.29) is 11.9 Å². The van der Waals surface area contributed by atoms with Crippen molar-refractivity contribution in [3.63, 3.8) is 0 Å². The second-order valence-corrected chi connectivity index (χ2v) is 3.68. The first-order chi connectivity index (χ1) is 7.70. The summed E-state index contributed by atoms with van der Waals surface area (Å²) in [5.41, 5.74) is 0.384. The van der Waals surface area contributed by atoms with Crippen LogP contribution in [-0.4, -0.2) is 36.9 Å². The van der Waals surface area contributed by atoms with Gasteiger partial charge in [0.25, 0.3) is 0 Å². The second kappa shape index (κ2) is 6.50. The van der Waals surface area contributed by atoms with Crippen molar-refractivity contribution in [1.82, 2.24) is 10.6 Å². The minimum absolute atomic E-state index is 0.0677. The van der Waals surface area contributed by atoms with Gasteiger partial charge >= 0.3 is 5.97 Å². The number of esters is 1. The Balaban J connectivity index is 2.69. The first kappa shape index (κ1) is 13.0. The Morgan fingerprint density at radius 1 is 1.62 bits per heavy atom. The van der Waals surface area contributed by atoms with Crippen LogP contribution in [0.3, 0.4) is 0 Å². The van der Waals surface area contributed by atoms with E-state index in [0.717, 1.165) is 13.0 Å². The minimum atomic E-state index is -0.412. The molecule has 0 amide bonds. The lowest BCUT2D eigenvalue weighted by Crippen LogP contribution is -2.48. The molecule has 0 spiro atoms. The molecular formula is C11H20N2O3. The molecule has 0 aromatic heterocycles. The molecular weight excluding hydrogens is 208 g/mol. The smallest absolute Gasteiger partial charge is 0.337 e. The normalized spacial score (nSPS) is 21.0. The molecule has 0 saturated carbocycles. The summed E-state index contributed by atoms with van der Waals surface area (Å²) in [6.07, 6.45) is 1.16. The van der Waals surface area contributed by atoms with Gasteiger partial charge in [-0.1, -0.05) is 6.92 Å². The summed E-state index contributed by atoms with van der Waals surface area (Å²) in [5, 5.41) is 16.1. The number of hydrogen-bond acceptors (Lipinski definition) is 5. The highest BCUT2D eigenvalue weighted by Crippen LogP contribution is 2.15. The number of rotatable bonds is 5. The minimum Gasteiger partial charge on any atom is -0.509 e. The molecule has 1 aliphatic rings. The SMILES string of the molecule is CCCNC1NCCC(C(=O)OCC)=C1O. The zero-order valence-corrected chi connectivity index (χ0v) is 9.88. The lowest BCUT2D eigenvalue weighted by Gasteiger charge is -2.26. The summed E-state index contributed by atoms with van der Waals surface area (Å²) < 4.78 is 4.89. The molecule has 0 saturated heterocycles. The van der Waals surface area contributed by atoms with E-state index in [1.165, 1.54) is 0 Å². The monoisotopic (exact) mass is 228 g/mol. The van der Waals surface area contributed by atoms with Crippen molar-refractivity contribution < 1.29 is 14.6 Å². The number of hydrogen-bond donors (Lipinski definition) is 3. The average molecular weight is 228 g/mol. The molecule has 16 heavy (non-hydrogen) atoms. The van der Waals surface area contributed by atoms with Crippen LogP contribution in [0.25, 0.3) is 0 Å². The van der Waals surface area contributed by atoms with Gasteiger partial charge in [-0.3, -0.25) is 10.6 Å². The van der Waals surface area contributed by atoms with Gasteiger partial charge in [0.05, 0.1) is 12.2 Å². The van der Waals surface area contributed by atoms with Crippen LogP contribution in [0.4, 0.5) is 0 Å². The third-order valence-electron chi connectivity index (χ3n) is 2.43. The molecule has 1 aliphatic heterocycles. The van der Waals surface area contributed by atoms with Gasteiger partial charge in [0.1, 0.15) is 11.9 Å². The van der Waals surface area contributed by atoms with Crippen LogP contribution < -0.4 is 10.6 Å². The Hall–Kier alpha value is -1.07. The maximum atomic E-state index is 11.5. The van der Waals surface area contributed by atoms with Gasteiger partial charge in [-0.25, -0.2) is 4.79 Å². The van der Waals surface area contributed by atoms with Crippen LogP contribution in [0.2, 0.25) is 0 Å². The quantitative estimate of drug-likeness (QED) is 0.604. The first-order valence-electron chi connectivity index (χ1n) is 5.76. The molecule has 1 atom stereocenters. The maximum absolute atomic E-state index is 11.5. The van der Waals surface area contributed by atoms with E-state index in [2.05, 4.69) is 10.6 Å². The average Bonchev–Trinajstić information content (AvgIpc) is 2.28. The molecule has 3 N–H and O–H groups in total. The van der Waals surface area contributed by atoms with Crippen LogP contribution in [0, 0.1) is 0 Å². The van der Waals surface area contributed by atoms with Crippen molar-refractivity contribution in [3.8, 4) is 0 Å². The van der Waals surface area contributed by atoms with Crippen LogP contribution >= 0.6 is 0 Å². The topological polar surface area (TPSA) is 70.6 Å². The molecule has 92 valence electrons. The number of aliphatic hydroxyl groups excluding tert-OH is 1. The fourth-order valence-electron chi connectivity index (χ4n) is 1.62. The zero-order valence-electron chi connectivity index (χ0n) is 9.88. The van der Waals surface area contributed by atoms with Crippen LogP contribution in [0.1, 0.15) is 26.7 Å². The molecule has 1 heterocycles. The van der Waals surface area contributed by atoms with E-state index < -0.39 is 5.97 Å². The van der Waals surface area contributed by atoms with E-state index in [4.69, 9.17) is 4.74 Å². The molecule has 1 unspecified atom stereocenters. The van der Waals surface area contributed by atoms with Gasteiger partial charge in [0.2, 0.25) is 0 Å². The van der Waals surface area contributed by atoms with Gasteiger partial charge in [0, 0.05) is 6.54 Å². The van der Waals surface area contributed by atoms with Crippen LogP contribution in [0.5, 0.6) is 0 Å². The van der Waals surface area contributed by atoms with Crippen LogP contribution in [0.15, 0.2) is 11.3 Å². The number of carbonyl (C=O) groups excluding carboxylic acids is 1. The van der Waals surface area contributed by atoms with Gasteiger partial charge in [-0.05, 0) is 26.3 Å². The Bertz CT molecular complexity index is 276. The number of nitrogens with one attached hydrogen (secondary N) is 2. The summed E-state index contributed by atoms with van der Waals surface area (Å²) in [6.45, 7) is 5.58. The highest BCUT2D eigenvalue weighted by atomic mass is 16.5. The first-order valence-corrected chi connectivity index (χ1v) is 5.76. The number of carbonyl (C=O) groups is 1. The van der Waals surface area contributed by atoms with Crippen molar-refractivity contribution in [2.45, 2.75) is 32.9 Å². The van der Waals surface area contributed by atoms with E-state index in [0.29, 0.717) is 25.1 Å². The summed E-state index contributed by atoms with van der Waals surface area (Å²) >= 11 is 0. The van der Waals surface area contributed by atoms with Crippen molar-refractivity contribution >= 4 is 5.97 Å². The van der Waals surface area contributed by atoms with Crippen molar-refractivity contribution in [2.24, 2.45) is 0 Å². The molecule has 0 radical (unpaired) electrons. The predicted octanol–water partition coefficient (Wildman–Crippen LogP) is 0.681. The van der Waals surface area contributed by atoms with Gasteiger partial charge in [-0.2, -0.15) is 0 Å².